The van der Waals surface area contributed by atoms with Gasteiger partial charge in [-0.15, -0.1) is 0 Å². The van der Waals surface area contributed by atoms with Crippen molar-refractivity contribution in [3.63, 3.8) is 0 Å². The van der Waals surface area contributed by atoms with Crippen LogP contribution < -0.4 is 14.5 Å². The highest BCUT2D eigenvalue weighted by molar-refractivity contribution is 6.72. The number of carbonyl (C=O) groups excluding carboxylic acids is 2. The van der Waals surface area contributed by atoms with Gasteiger partial charge < -0.3 is 23.6 Å². The van der Waals surface area contributed by atoms with Gasteiger partial charge in [0.15, 0.2) is 12.2 Å². The Morgan fingerprint density at radius 1 is 1.00 bits per heavy atom. The zero-order valence-corrected chi connectivity index (χ0v) is 23.8. The number of aliphatic hydroxyl groups excluding tert-OH is 1. The lowest BCUT2D eigenvalue weighted by Crippen LogP contribution is -2.45. The lowest BCUT2D eigenvalue weighted by Gasteiger charge is -2.31. The summed E-state index contributed by atoms with van der Waals surface area (Å²) in [5.41, 5.74) is 2.08. The van der Waals surface area contributed by atoms with E-state index in [1.807, 2.05) is 79.7 Å². The van der Waals surface area contributed by atoms with Crippen LogP contribution >= 0.6 is 0 Å². The van der Waals surface area contributed by atoms with Crippen molar-refractivity contribution in [2.24, 2.45) is 5.92 Å². The van der Waals surface area contributed by atoms with E-state index in [2.05, 4.69) is 0 Å². The molecule has 3 aliphatic heterocycles. The molecule has 6 rings (SSSR count). The van der Waals surface area contributed by atoms with Crippen molar-refractivity contribution in [1.82, 2.24) is 0 Å². The molecule has 1 saturated heterocycles. The number of rotatable bonds is 6. The number of para-hydroxylation sites is 3. The second-order valence-electron chi connectivity index (χ2n) is 11.3. The molecule has 3 aliphatic rings. The molecule has 0 unspecified atom stereocenters. The molecule has 3 aromatic rings. The van der Waals surface area contributed by atoms with Crippen LogP contribution in [-0.2, 0) is 26.5 Å². The molecule has 3 heterocycles. The first-order valence-electron chi connectivity index (χ1n) is 13.7. The summed E-state index contributed by atoms with van der Waals surface area (Å²) in [6.07, 6.45) is -0.242. The molecule has 3 aromatic carbocycles. The first-order valence-corrected chi connectivity index (χ1v) is 16.6. The molecule has 0 saturated carbocycles. The minimum atomic E-state index is -3.23. The summed E-state index contributed by atoms with van der Waals surface area (Å²) in [5, 5.41) is 9.71. The van der Waals surface area contributed by atoms with E-state index in [1.165, 1.54) is 0 Å². The van der Waals surface area contributed by atoms with Crippen LogP contribution in [0.5, 0.6) is 5.75 Å². The maximum Gasteiger partial charge on any atom is 0.269 e. The number of fused-ring (bicyclic) bond motifs is 3. The fourth-order valence-electron chi connectivity index (χ4n) is 6.87. The van der Waals surface area contributed by atoms with Crippen molar-refractivity contribution >= 4 is 37.3 Å². The van der Waals surface area contributed by atoms with E-state index in [0.717, 1.165) is 16.8 Å². The summed E-state index contributed by atoms with van der Waals surface area (Å²) in [7, 11) is -3.23. The van der Waals surface area contributed by atoms with Gasteiger partial charge in [-0.25, -0.2) is 0 Å². The van der Waals surface area contributed by atoms with Crippen LogP contribution in [0.15, 0.2) is 72.8 Å². The summed E-state index contributed by atoms with van der Waals surface area (Å²) in [6, 6.07) is 22.6. The number of ether oxygens (including phenoxy) is 2. The molecule has 4 atom stereocenters. The Labute approximate surface area is 234 Å². The fourth-order valence-corrected chi connectivity index (χ4v) is 9.42. The first-order chi connectivity index (χ1) is 19.2. The molecule has 0 radical (unpaired) electrons. The van der Waals surface area contributed by atoms with Crippen molar-refractivity contribution in [3.05, 3.63) is 83.9 Å². The Morgan fingerprint density at radius 2 is 1.68 bits per heavy atom. The van der Waals surface area contributed by atoms with Crippen molar-refractivity contribution in [3.8, 4) is 5.75 Å². The number of nitrogens with zero attached hydrogens (tertiary/aromatic N) is 2. The molecule has 1 fully saturated rings. The molecule has 1 spiro atoms. The summed E-state index contributed by atoms with van der Waals surface area (Å²) < 4.78 is 27.7. The molecular weight excluding hydrogens is 527 g/mol. The van der Waals surface area contributed by atoms with Crippen LogP contribution in [0, 0.1) is 5.92 Å². The van der Waals surface area contributed by atoms with E-state index in [0.29, 0.717) is 23.7 Å². The van der Waals surface area contributed by atoms with Crippen molar-refractivity contribution in [1.29, 1.82) is 0 Å². The van der Waals surface area contributed by atoms with Gasteiger partial charge in [0.05, 0.1) is 24.0 Å². The summed E-state index contributed by atoms with van der Waals surface area (Å²) in [6.45, 7) is 5.37. The number of benzene rings is 3. The fraction of sp³-hybridized carbons (Fsp3) is 0.355. The Balaban J connectivity index is 1.32. The summed E-state index contributed by atoms with van der Waals surface area (Å²) in [5.74, 6) is -0.0927. The predicted octanol–water partition coefficient (Wildman–Crippen LogP) is 5.45. The number of anilines is 3. The Bertz CT molecular complexity index is 1460. The third-order valence-corrected chi connectivity index (χ3v) is 11.0. The maximum atomic E-state index is 15.6. The van der Waals surface area contributed by atoms with E-state index < -0.39 is 25.7 Å². The molecule has 208 valence electrons. The number of aliphatic hydroxyl groups is 1. The largest absolute Gasteiger partial charge is 0.482 e. The minimum Gasteiger partial charge on any atom is -0.482 e. The Morgan fingerprint density at radius 3 is 2.38 bits per heavy atom. The Hall–Kier alpha value is -3.53. The van der Waals surface area contributed by atoms with Crippen LogP contribution in [0.1, 0.15) is 24.5 Å². The molecule has 0 aliphatic carbocycles. The van der Waals surface area contributed by atoms with Gasteiger partial charge >= 0.3 is 0 Å². The lowest BCUT2D eigenvalue weighted by molar-refractivity contribution is -0.146. The third kappa shape index (κ3) is 4.06. The molecule has 9 heteroatoms. The first kappa shape index (κ1) is 26.7. The maximum absolute atomic E-state index is 15.6. The molecular formula is C31H33FN2O5Si. The van der Waals surface area contributed by atoms with Gasteiger partial charge in [0.2, 0.25) is 8.41 Å². The molecule has 2 amide bonds. The van der Waals surface area contributed by atoms with Crippen LogP contribution in [0.3, 0.4) is 0 Å². The van der Waals surface area contributed by atoms with Gasteiger partial charge in [-0.3, -0.25) is 14.5 Å². The van der Waals surface area contributed by atoms with E-state index in [1.54, 1.807) is 22.9 Å². The minimum absolute atomic E-state index is 0.0328. The van der Waals surface area contributed by atoms with Crippen molar-refractivity contribution in [2.45, 2.75) is 50.2 Å². The zero-order chi connectivity index (χ0) is 28.2. The van der Waals surface area contributed by atoms with Crippen LogP contribution in [0.2, 0.25) is 18.6 Å². The highest BCUT2D eigenvalue weighted by atomic mass is 28.4. The molecule has 0 aromatic heterocycles. The average molecular weight is 561 g/mol. The van der Waals surface area contributed by atoms with Crippen LogP contribution in [0.25, 0.3) is 0 Å². The molecule has 1 N–H and O–H groups in total. The lowest BCUT2D eigenvalue weighted by atomic mass is 9.82. The number of amides is 2. The van der Waals surface area contributed by atoms with Crippen LogP contribution in [-0.4, -0.2) is 44.6 Å². The molecule has 7 nitrogen and oxygen atoms in total. The number of hydrogen-bond donors (Lipinski definition) is 1. The molecule has 40 heavy (non-hydrogen) atoms. The predicted molar refractivity (Wildman–Crippen MR) is 153 cm³/mol. The van der Waals surface area contributed by atoms with Gasteiger partial charge in [-0.1, -0.05) is 49.4 Å². The van der Waals surface area contributed by atoms with E-state index in [4.69, 9.17) is 9.47 Å². The van der Waals surface area contributed by atoms with Crippen molar-refractivity contribution < 1.29 is 28.3 Å². The number of hydrogen-bond acceptors (Lipinski definition) is 5. The topological polar surface area (TPSA) is 79.3 Å². The van der Waals surface area contributed by atoms with Gasteiger partial charge in [0, 0.05) is 29.3 Å². The standard InChI is InChI=1S/C31H33FN2O5Si/c1-20-29(40(2,3)32)27(16-17-35)39-31(20)23-8-4-5-9-24(23)33(30(31)37)18-21-12-14-22(15-13-21)34-25-10-6-7-11-26(25)38-19-28(34)36/h4-15,20,27,29,35H,16-19H2,1-3H3/t20-,27+,29-,31+/m1/s1. The highest BCUT2D eigenvalue weighted by Gasteiger charge is 2.66. The van der Waals surface area contributed by atoms with E-state index >= 15 is 4.11 Å². The smallest absolute Gasteiger partial charge is 0.269 e. The summed E-state index contributed by atoms with van der Waals surface area (Å²) in [4.78, 5) is 30.4. The SMILES string of the molecule is C[C@@H]1[C@@H]([Si](C)(C)F)[C@H](CCO)O[C@@]12C(=O)N(Cc1ccc(N3C(=O)COc4ccccc43)cc1)c1ccccc12. The average Bonchev–Trinajstić information content (AvgIpc) is 3.36. The van der Waals surface area contributed by atoms with Gasteiger partial charge in [-0.2, -0.15) is 0 Å². The monoisotopic (exact) mass is 560 g/mol. The normalized spacial score (nSPS) is 25.8. The molecule has 0 bridgehead atoms. The third-order valence-electron chi connectivity index (χ3n) is 8.52. The van der Waals surface area contributed by atoms with Crippen molar-refractivity contribution in [2.75, 3.05) is 23.0 Å². The van der Waals surface area contributed by atoms with E-state index in [9.17, 15) is 14.7 Å². The van der Waals surface area contributed by atoms with Gasteiger partial charge in [0.1, 0.15) is 5.75 Å². The van der Waals surface area contributed by atoms with Crippen LogP contribution in [0.4, 0.5) is 21.2 Å². The second-order valence-corrected chi connectivity index (χ2v) is 15.1. The zero-order valence-electron chi connectivity index (χ0n) is 22.8. The quantitative estimate of drug-likeness (QED) is 0.321. The summed E-state index contributed by atoms with van der Waals surface area (Å²) >= 11 is 0. The van der Waals surface area contributed by atoms with Gasteiger partial charge in [0.25, 0.3) is 11.8 Å². The number of halogens is 1. The second kappa shape index (κ2) is 9.83. The van der Waals surface area contributed by atoms with Gasteiger partial charge in [-0.05, 0) is 55.4 Å². The number of carbonyl (C=O) groups is 2. The Kier molecular flexibility index (Phi) is 6.56. The van der Waals surface area contributed by atoms with E-state index in [-0.39, 0.29) is 37.4 Å². The highest BCUT2D eigenvalue weighted by Crippen LogP contribution is 2.60.